The summed E-state index contributed by atoms with van der Waals surface area (Å²) in [6, 6.07) is 1.91. The topological polar surface area (TPSA) is 58.6 Å². The molecule has 1 amide bonds. The zero-order chi connectivity index (χ0) is 14.5. The van der Waals surface area contributed by atoms with Crippen molar-refractivity contribution >= 4 is 17.2 Å². The lowest BCUT2D eigenvalue weighted by Gasteiger charge is -2.20. The second-order valence-electron chi connectivity index (χ2n) is 5.22. The first-order valence-corrected chi connectivity index (χ1v) is 8.12. The number of amides is 1. The van der Waals surface area contributed by atoms with E-state index in [-0.39, 0.29) is 11.8 Å². The van der Waals surface area contributed by atoms with Gasteiger partial charge in [-0.05, 0) is 17.5 Å². The highest BCUT2D eigenvalue weighted by molar-refractivity contribution is 7.14. The third-order valence-electron chi connectivity index (χ3n) is 3.92. The van der Waals surface area contributed by atoms with Crippen LogP contribution >= 0.6 is 11.3 Å². The van der Waals surface area contributed by atoms with Gasteiger partial charge in [-0.1, -0.05) is 26.7 Å². The fourth-order valence-corrected chi connectivity index (χ4v) is 3.61. The molecule has 1 aliphatic heterocycles. The predicted molar refractivity (Wildman–Crippen MR) is 80.1 cm³/mol. The summed E-state index contributed by atoms with van der Waals surface area (Å²) in [5.74, 6) is 0.162. The first-order chi connectivity index (χ1) is 9.65. The zero-order valence-electron chi connectivity index (χ0n) is 12.1. The molecule has 0 spiro atoms. The van der Waals surface area contributed by atoms with E-state index in [1.54, 1.807) is 11.3 Å². The summed E-state index contributed by atoms with van der Waals surface area (Å²) < 4.78 is 5.38. The summed E-state index contributed by atoms with van der Waals surface area (Å²) in [6.45, 7) is 5.79. The van der Waals surface area contributed by atoms with Gasteiger partial charge in [0.25, 0.3) is 5.91 Å². The third-order valence-corrected chi connectivity index (χ3v) is 5.15. The summed E-state index contributed by atoms with van der Waals surface area (Å²) in [6.07, 6.45) is 2.28. The van der Waals surface area contributed by atoms with Crippen LogP contribution in [0.4, 0.5) is 0 Å². The van der Waals surface area contributed by atoms with Gasteiger partial charge in [-0.15, -0.1) is 11.3 Å². The lowest BCUT2D eigenvalue weighted by atomic mass is 9.96. The van der Waals surface area contributed by atoms with Crippen molar-refractivity contribution in [2.75, 3.05) is 13.2 Å². The maximum absolute atomic E-state index is 12.1. The minimum atomic E-state index is -0.466. The number of carbonyl (C=O) groups excluding carboxylic acids is 1. The van der Waals surface area contributed by atoms with Crippen LogP contribution in [-0.2, 0) is 17.8 Å². The van der Waals surface area contributed by atoms with Gasteiger partial charge in [0.2, 0.25) is 0 Å². The van der Waals surface area contributed by atoms with Gasteiger partial charge in [-0.2, -0.15) is 0 Å². The Labute approximate surface area is 124 Å². The van der Waals surface area contributed by atoms with Crippen molar-refractivity contribution in [3.63, 3.8) is 0 Å². The minimum Gasteiger partial charge on any atom is -0.391 e. The molecule has 0 aliphatic carbocycles. The number of ether oxygens (including phenoxy) is 1. The standard InChI is InChI=1S/C15H23NO3S/c1-3-10(4-2)12(17)8-16-15(18)14-7-11-9-19-6-5-13(11)20-14/h7,10,12,17H,3-6,8-9H2,1-2H3,(H,16,18). The maximum atomic E-state index is 12.1. The summed E-state index contributed by atoms with van der Waals surface area (Å²) in [5.41, 5.74) is 1.13. The Kier molecular flexibility index (Phi) is 5.57. The van der Waals surface area contributed by atoms with Crippen molar-refractivity contribution < 1.29 is 14.6 Å². The normalized spacial score (nSPS) is 16.0. The molecule has 112 valence electrons. The third kappa shape index (κ3) is 3.59. The van der Waals surface area contributed by atoms with E-state index in [9.17, 15) is 9.90 Å². The first-order valence-electron chi connectivity index (χ1n) is 7.31. The molecule has 0 aromatic carbocycles. The van der Waals surface area contributed by atoms with Crippen molar-refractivity contribution in [3.05, 3.63) is 21.4 Å². The first kappa shape index (κ1) is 15.5. The van der Waals surface area contributed by atoms with Gasteiger partial charge >= 0.3 is 0 Å². The average molecular weight is 297 g/mol. The molecule has 2 heterocycles. The average Bonchev–Trinajstić information content (AvgIpc) is 2.90. The van der Waals surface area contributed by atoms with Crippen molar-refractivity contribution in [1.82, 2.24) is 5.32 Å². The molecule has 2 rings (SSSR count). The highest BCUT2D eigenvalue weighted by atomic mass is 32.1. The minimum absolute atomic E-state index is 0.0885. The molecule has 1 aromatic rings. The molecular weight excluding hydrogens is 274 g/mol. The van der Waals surface area contributed by atoms with Gasteiger partial charge in [0.1, 0.15) is 0 Å². The van der Waals surface area contributed by atoms with Crippen molar-refractivity contribution in [2.45, 2.75) is 45.8 Å². The van der Waals surface area contributed by atoms with Crippen LogP contribution in [0, 0.1) is 5.92 Å². The van der Waals surface area contributed by atoms with Crippen LogP contribution < -0.4 is 5.32 Å². The highest BCUT2D eigenvalue weighted by Crippen LogP contribution is 2.26. The highest BCUT2D eigenvalue weighted by Gasteiger charge is 2.20. The Morgan fingerprint density at radius 1 is 1.50 bits per heavy atom. The molecular formula is C15H23NO3S. The van der Waals surface area contributed by atoms with Gasteiger partial charge in [0.15, 0.2) is 0 Å². The van der Waals surface area contributed by atoms with Crippen LogP contribution in [0.1, 0.15) is 46.8 Å². The van der Waals surface area contributed by atoms with Crippen LogP contribution in [0.25, 0.3) is 0 Å². The quantitative estimate of drug-likeness (QED) is 0.847. The molecule has 1 aliphatic rings. The van der Waals surface area contributed by atoms with Crippen LogP contribution in [0.5, 0.6) is 0 Å². The smallest absolute Gasteiger partial charge is 0.261 e. The molecule has 20 heavy (non-hydrogen) atoms. The molecule has 0 saturated carbocycles. The molecule has 0 fully saturated rings. The van der Waals surface area contributed by atoms with E-state index in [4.69, 9.17) is 4.74 Å². The van der Waals surface area contributed by atoms with E-state index < -0.39 is 6.10 Å². The van der Waals surface area contributed by atoms with Crippen LogP contribution in [0.3, 0.4) is 0 Å². The number of fused-ring (bicyclic) bond motifs is 1. The van der Waals surface area contributed by atoms with Crippen LogP contribution in [0.2, 0.25) is 0 Å². The van der Waals surface area contributed by atoms with E-state index in [1.165, 1.54) is 4.88 Å². The predicted octanol–water partition coefficient (Wildman–Crippen LogP) is 2.35. The largest absolute Gasteiger partial charge is 0.391 e. The molecule has 0 radical (unpaired) electrons. The van der Waals surface area contributed by atoms with Crippen LogP contribution in [-0.4, -0.2) is 30.3 Å². The maximum Gasteiger partial charge on any atom is 0.261 e. The molecule has 0 saturated heterocycles. The van der Waals surface area contributed by atoms with Crippen LogP contribution in [0.15, 0.2) is 6.07 Å². The zero-order valence-corrected chi connectivity index (χ0v) is 13.0. The van der Waals surface area contributed by atoms with Gasteiger partial charge < -0.3 is 15.2 Å². The summed E-state index contributed by atoms with van der Waals surface area (Å²) in [5, 5.41) is 12.9. The number of rotatable bonds is 6. The van der Waals surface area contributed by atoms with E-state index in [0.29, 0.717) is 13.2 Å². The Hall–Kier alpha value is -0.910. The number of hydrogen-bond acceptors (Lipinski definition) is 4. The number of carbonyl (C=O) groups is 1. The van der Waals surface area contributed by atoms with E-state index in [2.05, 4.69) is 19.2 Å². The van der Waals surface area contributed by atoms with Gasteiger partial charge in [-0.25, -0.2) is 0 Å². The Morgan fingerprint density at radius 3 is 2.90 bits per heavy atom. The van der Waals surface area contributed by atoms with Gasteiger partial charge in [-0.3, -0.25) is 4.79 Å². The van der Waals surface area contributed by atoms with E-state index >= 15 is 0 Å². The lowest BCUT2D eigenvalue weighted by Crippen LogP contribution is -2.35. The van der Waals surface area contributed by atoms with Gasteiger partial charge in [0.05, 0.1) is 24.2 Å². The Morgan fingerprint density at radius 2 is 2.25 bits per heavy atom. The van der Waals surface area contributed by atoms with E-state index in [0.717, 1.165) is 36.3 Å². The lowest BCUT2D eigenvalue weighted by molar-refractivity contribution is 0.0819. The number of thiophene rings is 1. The molecule has 0 bridgehead atoms. The summed E-state index contributed by atoms with van der Waals surface area (Å²) in [7, 11) is 0. The van der Waals surface area contributed by atoms with Crippen molar-refractivity contribution in [1.29, 1.82) is 0 Å². The Bertz CT molecular complexity index is 430. The number of nitrogens with one attached hydrogen (secondary N) is 1. The fourth-order valence-electron chi connectivity index (χ4n) is 2.54. The molecule has 2 N–H and O–H groups in total. The van der Waals surface area contributed by atoms with Crippen molar-refractivity contribution in [3.8, 4) is 0 Å². The van der Waals surface area contributed by atoms with Crippen molar-refractivity contribution in [2.24, 2.45) is 5.92 Å². The molecule has 5 heteroatoms. The number of hydrogen-bond donors (Lipinski definition) is 2. The molecule has 1 unspecified atom stereocenters. The van der Waals surface area contributed by atoms with Gasteiger partial charge in [0, 0.05) is 17.8 Å². The number of aliphatic hydroxyl groups is 1. The summed E-state index contributed by atoms with van der Waals surface area (Å²) in [4.78, 5) is 14.1. The number of aliphatic hydroxyl groups excluding tert-OH is 1. The fraction of sp³-hybridized carbons (Fsp3) is 0.667. The molecule has 1 aromatic heterocycles. The Balaban J connectivity index is 1.90. The molecule has 1 atom stereocenters. The van der Waals surface area contributed by atoms with E-state index in [1.807, 2.05) is 6.07 Å². The second-order valence-corrected chi connectivity index (χ2v) is 6.35. The monoisotopic (exact) mass is 297 g/mol. The molecule has 4 nitrogen and oxygen atoms in total. The SMILES string of the molecule is CCC(CC)C(O)CNC(=O)c1cc2c(s1)CCOC2. The second kappa shape index (κ2) is 7.20. The summed E-state index contributed by atoms with van der Waals surface area (Å²) >= 11 is 1.54.